The van der Waals surface area contributed by atoms with Crippen LogP contribution >= 0.6 is 0 Å². The minimum Gasteiger partial charge on any atom is -0.484 e. The maximum Gasteiger partial charge on any atom is 0.260 e. The number of hydrogen-bond acceptors (Lipinski definition) is 3. The summed E-state index contributed by atoms with van der Waals surface area (Å²) in [4.78, 5) is 13.8. The molecule has 1 saturated carbocycles. The number of nitrogens with two attached hydrogens (primary N) is 1. The SMILES string of the molecule is CN(CC1(CN)CCC1)C(=O)COc1ccccc1. The molecular weight excluding hydrogens is 240 g/mol. The Morgan fingerprint density at radius 3 is 2.58 bits per heavy atom. The van der Waals surface area contributed by atoms with Gasteiger partial charge in [-0.1, -0.05) is 24.6 Å². The second kappa shape index (κ2) is 6.06. The van der Waals surface area contributed by atoms with E-state index in [1.54, 1.807) is 4.90 Å². The zero-order chi connectivity index (χ0) is 13.7. The summed E-state index contributed by atoms with van der Waals surface area (Å²) in [5.74, 6) is 0.727. The van der Waals surface area contributed by atoms with Gasteiger partial charge in [0, 0.05) is 19.0 Å². The molecule has 1 aromatic rings. The van der Waals surface area contributed by atoms with E-state index in [-0.39, 0.29) is 17.9 Å². The van der Waals surface area contributed by atoms with E-state index in [1.807, 2.05) is 37.4 Å². The highest BCUT2D eigenvalue weighted by atomic mass is 16.5. The molecule has 0 heterocycles. The number of nitrogens with zero attached hydrogens (tertiary/aromatic N) is 1. The molecule has 1 amide bonds. The summed E-state index contributed by atoms with van der Waals surface area (Å²) in [5, 5.41) is 0. The molecule has 0 aromatic heterocycles. The Hall–Kier alpha value is -1.55. The molecule has 0 atom stereocenters. The lowest BCUT2D eigenvalue weighted by molar-refractivity contribution is -0.134. The van der Waals surface area contributed by atoms with Crippen molar-refractivity contribution in [3.8, 4) is 5.75 Å². The van der Waals surface area contributed by atoms with Gasteiger partial charge in [-0.15, -0.1) is 0 Å². The molecule has 104 valence electrons. The van der Waals surface area contributed by atoms with Crippen LogP contribution in [-0.2, 0) is 4.79 Å². The highest BCUT2D eigenvalue weighted by Gasteiger charge is 2.37. The number of para-hydroxylation sites is 1. The van der Waals surface area contributed by atoms with Crippen molar-refractivity contribution in [1.82, 2.24) is 4.90 Å². The van der Waals surface area contributed by atoms with Gasteiger partial charge in [0.25, 0.3) is 5.91 Å². The molecule has 4 heteroatoms. The van der Waals surface area contributed by atoms with Crippen LogP contribution in [0.15, 0.2) is 30.3 Å². The van der Waals surface area contributed by atoms with Crippen LogP contribution in [0.1, 0.15) is 19.3 Å². The number of benzene rings is 1. The third kappa shape index (κ3) is 3.47. The number of rotatable bonds is 6. The van der Waals surface area contributed by atoms with Crippen LogP contribution < -0.4 is 10.5 Å². The fraction of sp³-hybridized carbons (Fsp3) is 0.533. The maximum atomic E-state index is 12.0. The summed E-state index contributed by atoms with van der Waals surface area (Å²) >= 11 is 0. The van der Waals surface area contributed by atoms with E-state index in [0.29, 0.717) is 6.54 Å². The molecule has 0 aliphatic heterocycles. The number of carbonyl (C=O) groups excluding carboxylic acids is 1. The molecule has 0 bridgehead atoms. The lowest BCUT2D eigenvalue weighted by atomic mass is 9.68. The third-order valence-electron chi connectivity index (χ3n) is 3.95. The number of ether oxygens (including phenoxy) is 1. The summed E-state index contributed by atoms with van der Waals surface area (Å²) in [7, 11) is 1.83. The van der Waals surface area contributed by atoms with Crippen LogP contribution in [0.4, 0.5) is 0 Å². The molecule has 0 unspecified atom stereocenters. The topological polar surface area (TPSA) is 55.6 Å². The van der Waals surface area contributed by atoms with Crippen LogP contribution in [0.25, 0.3) is 0 Å². The van der Waals surface area contributed by atoms with Crippen molar-refractivity contribution >= 4 is 5.91 Å². The van der Waals surface area contributed by atoms with Gasteiger partial charge in [-0.25, -0.2) is 0 Å². The van der Waals surface area contributed by atoms with Gasteiger partial charge in [0.05, 0.1) is 0 Å². The van der Waals surface area contributed by atoms with Crippen LogP contribution in [0.5, 0.6) is 5.75 Å². The fourth-order valence-corrected chi connectivity index (χ4v) is 2.47. The van der Waals surface area contributed by atoms with E-state index in [2.05, 4.69) is 0 Å². The first-order valence-corrected chi connectivity index (χ1v) is 6.77. The molecule has 0 saturated heterocycles. The van der Waals surface area contributed by atoms with Gasteiger partial charge in [0.15, 0.2) is 6.61 Å². The van der Waals surface area contributed by atoms with Crippen LogP contribution in [0.2, 0.25) is 0 Å². The molecule has 1 aromatic carbocycles. The molecule has 1 fully saturated rings. The van der Waals surface area contributed by atoms with Crippen molar-refractivity contribution < 1.29 is 9.53 Å². The van der Waals surface area contributed by atoms with Crippen LogP contribution in [0.3, 0.4) is 0 Å². The smallest absolute Gasteiger partial charge is 0.260 e. The van der Waals surface area contributed by atoms with Crippen LogP contribution in [0, 0.1) is 5.41 Å². The van der Waals surface area contributed by atoms with Gasteiger partial charge in [0.1, 0.15) is 5.75 Å². The number of carbonyl (C=O) groups is 1. The minimum absolute atomic E-state index is 0.00331. The van der Waals surface area contributed by atoms with Gasteiger partial charge < -0.3 is 15.4 Å². The zero-order valence-corrected chi connectivity index (χ0v) is 11.5. The van der Waals surface area contributed by atoms with Crippen molar-refractivity contribution in [2.24, 2.45) is 11.1 Å². The normalized spacial score (nSPS) is 16.5. The van der Waals surface area contributed by atoms with Gasteiger partial charge in [-0.05, 0) is 31.5 Å². The standard InChI is InChI=1S/C15H22N2O2/c1-17(12-15(11-16)8-5-9-15)14(18)10-19-13-6-3-2-4-7-13/h2-4,6-7H,5,8-12,16H2,1H3. The molecule has 0 radical (unpaired) electrons. The van der Waals surface area contributed by atoms with E-state index >= 15 is 0 Å². The summed E-state index contributed by atoms with van der Waals surface area (Å²) < 4.78 is 5.47. The van der Waals surface area contributed by atoms with Crippen LogP contribution in [-0.4, -0.2) is 37.6 Å². The first-order chi connectivity index (χ1) is 9.15. The quantitative estimate of drug-likeness (QED) is 0.848. The predicted octanol–water partition coefficient (Wildman–Crippen LogP) is 1.65. The number of likely N-dealkylation sites (N-methyl/N-ethyl adjacent to an activating group) is 1. The lowest BCUT2D eigenvalue weighted by Gasteiger charge is -2.43. The highest BCUT2D eigenvalue weighted by molar-refractivity contribution is 5.77. The van der Waals surface area contributed by atoms with Crippen molar-refractivity contribution in [3.05, 3.63) is 30.3 Å². The van der Waals surface area contributed by atoms with Gasteiger partial charge in [-0.2, -0.15) is 0 Å². The summed E-state index contributed by atoms with van der Waals surface area (Å²) in [6.45, 7) is 1.48. The lowest BCUT2D eigenvalue weighted by Crippen LogP contribution is -2.48. The van der Waals surface area contributed by atoms with E-state index in [4.69, 9.17) is 10.5 Å². The molecule has 1 aliphatic carbocycles. The van der Waals surface area contributed by atoms with E-state index in [0.717, 1.165) is 25.1 Å². The second-order valence-corrected chi connectivity index (χ2v) is 5.41. The number of hydrogen-bond donors (Lipinski definition) is 1. The maximum absolute atomic E-state index is 12.0. The first-order valence-electron chi connectivity index (χ1n) is 6.77. The summed E-state index contributed by atoms with van der Waals surface area (Å²) in [6, 6.07) is 9.40. The molecule has 4 nitrogen and oxygen atoms in total. The van der Waals surface area contributed by atoms with Crippen molar-refractivity contribution in [1.29, 1.82) is 0 Å². The van der Waals surface area contributed by atoms with Gasteiger partial charge in [0.2, 0.25) is 0 Å². The molecular formula is C15H22N2O2. The average molecular weight is 262 g/mol. The summed E-state index contributed by atoms with van der Waals surface area (Å²) in [6.07, 6.45) is 3.47. The van der Waals surface area contributed by atoms with E-state index < -0.39 is 0 Å². The van der Waals surface area contributed by atoms with E-state index in [1.165, 1.54) is 6.42 Å². The first kappa shape index (κ1) is 13.9. The largest absolute Gasteiger partial charge is 0.484 e. The highest BCUT2D eigenvalue weighted by Crippen LogP contribution is 2.40. The molecule has 2 N–H and O–H groups in total. The third-order valence-corrected chi connectivity index (χ3v) is 3.95. The summed E-state index contributed by atoms with van der Waals surface area (Å²) in [5.41, 5.74) is 5.96. The second-order valence-electron chi connectivity index (χ2n) is 5.41. The Morgan fingerprint density at radius 1 is 1.37 bits per heavy atom. The van der Waals surface area contributed by atoms with Crippen molar-refractivity contribution in [3.63, 3.8) is 0 Å². The molecule has 2 rings (SSSR count). The zero-order valence-electron chi connectivity index (χ0n) is 11.5. The Bertz CT molecular complexity index is 410. The Morgan fingerprint density at radius 2 is 2.05 bits per heavy atom. The molecule has 1 aliphatic rings. The predicted molar refractivity (Wildman–Crippen MR) is 74.9 cm³/mol. The van der Waals surface area contributed by atoms with E-state index in [9.17, 15) is 4.79 Å². The Labute approximate surface area is 114 Å². The van der Waals surface area contributed by atoms with Gasteiger partial charge in [-0.3, -0.25) is 4.79 Å². The minimum atomic E-state index is 0.00331. The average Bonchev–Trinajstić information content (AvgIpc) is 2.41. The molecule has 19 heavy (non-hydrogen) atoms. The number of amides is 1. The Balaban J connectivity index is 1.79. The molecule has 0 spiro atoms. The van der Waals surface area contributed by atoms with Crippen molar-refractivity contribution in [2.75, 3.05) is 26.7 Å². The fourth-order valence-electron chi connectivity index (χ4n) is 2.47. The monoisotopic (exact) mass is 262 g/mol. The van der Waals surface area contributed by atoms with Gasteiger partial charge >= 0.3 is 0 Å². The Kier molecular flexibility index (Phi) is 4.43. The van der Waals surface area contributed by atoms with Crippen molar-refractivity contribution in [2.45, 2.75) is 19.3 Å².